The molecule has 2 rings (SSSR count). The zero-order valence-corrected chi connectivity index (χ0v) is 10.3. The quantitative estimate of drug-likeness (QED) is 0.750. The molecule has 5 N–H and O–H groups in total. The third-order valence-electron chi connectivity index (χ3n) is 2.36. The third kappa shape index (κ3) is 3.02. The van der Waals surface area contributed by atoms with Crippen molar-refractivity contribution in [3.05, 3.63) is 29.8 Å². The Hall–Kier alpha value is -2.54. The lowest BCUT2D eigenvalue weighted by Crippen LogP contribution is -2.01. The first-order valence-corrected chi connectivity index (χ1v) is 5.48. The van der Waals surface area contributed by atoms with Gasteiger partial charge in [-0.3, -0.25) is 0 Å². The molecule has 0 aliphatic carbocycles. The summed E-state index contributed by atoms with van der Waals surface area (Å²) < 4.78 is 10.7. The fraction of sp³-hybridized carbons (Fsp3) is 0.167. The lowest BCUT2D eigenvalue weighted by Gasteiger charge is -2.11. The molecular weight excluding hydrogens is 248 g/mol. The van der Waals surface area contributed by atoms with Crippen LogP contribution in [0.5, 0.6) is 17.4 Å². The van der Waals surface area contributed by atoms with E-state index < -0.39 is 0 Å². The Balaban J connectivity index is 2.32. The summed E-state index contributed by atoms with van der Waals surface area (Å²) >= 11 is 0. The highest BCUT2D eigenvalue weighted by Gasteiger charge is 2.09. The molecule has 0 saturated carbocycles. The Bertz CT molecular complexity index is 569. The van der Waals surface area contributed by atoms with Crippen LogP contribution >= 0.6 is 0 Å². The summed E-state index contributed by atoms with van der Waals surface area (Å²) in [4.78, 5) is 7.65. The van der Waals surface area contributed by atoms with Crippen molar-refractivity contribution in [2.24, 2.45) is 0 Å². The van der Waals surface area contributed by atoms with Crippen molar-refractivity contribution in [3.8, 4) is 17.4 Å². The number of rotatable bonds is 4. The van der Waals surface area contributed by atoms with Crippen LogP contribution in [0.2, 0.25) is 0 Å². The van der Waals surface area contributed by atoms with Crippen LogP contribution in [-0.4, -0.2) is 22.2 Å². The van der Waals surface area contributed by atoms with Crippen LogP contribution in [-0.2, 0) is 6.61 Å². The number of aromatic nitrogens is 2. The minimum absolute atomic E-state index is 0.0287. The summed E-state index contributed by atoms with van der Waals surface area (Å²) in [5, 5.41) is 9.06. The number of nitrogens with zero attached hydrogens (tertiary/aromatic N) is 2. The molecule has 0 amide bonds. The van der Waals surface area contributed by atoms with E-state index in [9.17, 15) is 0 Å². The van der Waals surface area contributed by atoms with Gasteiger partial charge in [-0.1, -0.05) is 6.07 Å². The lowest BCUT2D eigenvalue weighted by molar-refractivity contribution is 0.280. The van der Waals surface area contributed by atoms with Crippen molar-refractivity contribution in [1.29, 1.82) is 0 Å². The monoisotopic (exact) mass is 262 g/mol. The molecule has 0 aliphatic heterocycles. The zero-order valence-electron chi connectivity index (χ0n) is 10.3. The number of hydrogen-bond acceptors (Lipinski definition) is 7. The van der Waals surface area contributed by atoms with Crippen molar-refractivity contribution >= 4 is 11.8 Å². The van der Waals surface area contributed by atoms with E-state index in [4.69, 9.17) is 26.0 Å². The highest BCUT2D eigenvalue weighted by atomic mass is 16.5. The highest BCUT2D eigenvalue weighted by Crippen LogP contribution is 2.32. The first kappa shape index (κ1) is 12.9. The van der Waals surface area contributed by atoms with Crippen molar-refractivity contribution in [2.45, 2.75) is 6.61 Å². The maximum atomic E-state index is 9.06. The number of methoxy groups -OCH3 is 1. The van der Waals surface area contributed by atoms with Crippen LogP contribution in [0.4, 0.5) is 11.8 Å². The van der Waals surface area contributed by atoms with Gasteiger partial charge in [-0.2, -0.15) is 9.97 Å². The summed E-state index contributed by atoms with van der Waals surface area (Å²) in [6, 6.07) is 6.50. The van der Waals surface area contributed by atoms with Crippen molar-refractivity contribution in [3.63, 3.8) is 0 Å². The number of nitrogen functional groups attached to an aromatic ring is 2. The van der Waals surface area contributed by atoms with Gasteiger partial charge in [0.2, 0.25) is 11.8 Å². The summed E-state index contributed by atoms with van der Waals surface area (Å²) in [5.41, 5.74) is 11.8. The summed E-state index contributed by atoms with van der Waals surface area (Å²) in [5.74, 6) is 1.38. The van der Waals surface area contributed by atoms with E-state index in [0.717, 1.165) is 0 Å². The van der Waals surface area contributed by atoms with E-state index in [1.165, 1.54) is 13.2 Å². The number of ether oxygens (including phenoxy) is 2. The number of anilines is 2. The van der Waals surface area contributed by atoms with E-state index in [1.54, 1.807) is 18.2 Å². The van der Waals surface area contributed by atoms with Gasteiger partial charge in [0.15, 0.2) is 11.5 Å². The minimum Gasteiger partial charge on any atom is -0.493 e. The van der Waals surface area contributed by atoms with Crippen LogP contribution in [0, 0.1) is 0 Å². The molecule has 0 atom stereocenters. The smallest absolute Gasteiger partial charge is 0.226 e. The number of aliphatic hydroxyl groups excluding tert-OH is 1. The molecule has 1 heterocycles. The summed E-state index contributed by atoms with van der Waals surface area (Å²) in [6.07, 6.45) is 0. The molecule has 1 aromatic carbocycles. The summed E-state index contributed by atoms with van der Waals surface area (Å²) in [7, 11) is 1.51. The fourth-order valence-corrected chi connectivity index (χ4v) is 1.52. The second kappa shape index (κ2) is 5.40. The predicted octanol–water partition coefficient (Wildman–Crippen LogP) is 0.934. The zero-order chi connectivity index (χ0) is 13.8. The van der Waals surface area contributed by atoms with Crippen molar-refractivity contribution in [2.75, 3.05) is 18.6 Å². The van der Waals surface area contributed by atoms with E-state index >= 15 is 0 Å². The molecule has 19 heavy (non-hydrogen) atoms. The maximum absolute atomic E-state index is 9.06. The Morgan fingerprint density at radius 2 is 1.95 bits per heavy atom. The van der Waals surface area contributed by atoms with Crippen LogP contribution in [0.25, 0.3) is 0 Å². The Labute approximate surface area is 109 Å². The molecular formula is C12H14N4O3. The average Bonchev–Trinajstić information content (AvgIpc) is 2.38. The van der Waals surface area contributed by atoms with Gasteiger partial charge in [0.1, 0.15) is 5.82 Å². The highest BCUT2D eigenvalue weighted by molar-refractivity contribution is 5.46. The normalized spacial score (nSPS) is 10.2. The topological polar surface area (TPSA) is 117 Å². The minimum atomic E-state index is -0.0793. The number of nitrogens with two attached hydrogens (primary N) is 2. The van der Waals surface area contributed by atoms with Crippen LogP contribution in [0.15, 0.2) is 24.3 Å². The van der Waals surface area contributed by atoms with E-state index in [2.05, 4.69) is 9.97 Å². The van der Waals surface area contributed by atoms with Crippen LogP contribution in [0.3, 0.4) is 0 Å². The maximum Gasteiger partial charge on any atom is 0.226 e. The van der Waals surface area contributed by atoms with E-state index in [-0.39, 0.29) is 24.3 Å². The van der Waals surface area contributed by atoms with Crippen molar-refractivity contribution in [1.82, 2.24) is 9.97 Å². The predicted molar refractivity (Wildman–Crippen MR) is 69.8 cm³/mol. The van der Waals surface area contributed by atoms with Gasteiger partial charge in [0, 0.05) is 6.07 Å². The molecule has 0 radical (unpaired) electrons. The SMILES string of the molecule is COc1cc(CO)ccc1Oc1cc(N)nc(N)n1. The molecule has 0 fully saturated rings. The molecule has 0 unspecified atom stereocenters. The molecule has 0 saturated heterocycles. The number of aliphatic hydroxyl groups is 1. The Morgan fingerprint density at radius 3 is 2.58 bits per heavy atom. The molecule has 0 bridgehead atoms. The average molecular weight is 262 g/mol. The molecule has 7 heteroatoms. The third-order valence-corrected chi connectivity index (χ3v) is 2.36. The van der Waals surface area contributed by atoms with Gasteiger partial charge >= 0.3 is 0 Å². The largest absolute Gasteiger partial charge is 0.493 e. The van der Waals surface area contributed by atoms with E-state index in [0.29, 0.717) is 17.1 Å². The first-order valence-electron chi connectivity index (χ1n) is 5.48. The van der Waals surface area contributed by atoms with Gasteiger partial charge in [-0.25, -0.2) is 0 Å². The van der Waals surface area contributed by atoms with Gasteiger partial charge in [0.25, 0.3) is 0 Å². The second-order valence-electron chi connectivity index (χ2n) is 3.73. The summed E-state index contributed by atoms with van der Waals surface area (Å²) in [6.45, 7) is -0.0793. The fourth-order valence-electron chi connectivity index (χ4n) is 1.52. The number of benzene rings is 1. The lowest BCUT2D eigenvalue weighted by atomic mass is 10.2. The van der Waals surface area contributed by atoms with E-state index in [1.807, 2.05) is 0 Å². The van der Waals surface area contributed by atoms with Crippen molar-refractivity contribution < 1.29 is 14.6 Å². The molecule has 100 valence electrons. The van der Waals surface area contributed by atoms with Gasteiger partial charge in [0.05, 0.1) is 13.7 Å². The molecule has 0 aliphatic rings. The first-order chi connectivity index (χ1) is 9.12. The Kier molecular flexibility index (Phi) is 3.67. The van der Waals surface area contributed by atoms with Crippen LogP contribution in [0.1, 0.15) is 5.56 Å². The number of hydrogen-bond donors (Lipinski definition) is 3. The molecule has 2 aromatic rings. The molecule has 1 aromatic heterocycles. The standard InChI is InChI=1S/C12H14N4O3/c1-18-9-4-7(6-17)2-3-8(9)19-11-5-10(13)15-12(14)16-11/h2-5,17H,6H2,1H3,(H4,13,14,15,16). The molecule has 7 nitrogen and oxygen atoms in total. The van der Waals surface area contributed by atoms with Gasteiger partial charge < -0.3 is 26.0 Å². The van der Waals surface area contributed by atoms with Crippen LogP contribution < -0.4 is 20.9 Å². The second-order valence-corrected chi connectivity index (χ2v) is 3.73. The van der Waals surface area contributed by atoms with Gasteiger partial charge in [-0.15, -0.1) is 0 Å². The molecule has 0 spiro atoms. The Morgan fingerprint density at radius 1 is 1.16 bits per heavy atom. The van der Waals surface area contributed by atoms with Gasteiger partial charge in [-0.05, 0) is 17.7 Å².